The van der Waals surface area contributed by atoms with E-state index >= 15 is 0 Å². The molecule has 0 radical (unpaired) electrons. The first-order valence-electron chi connectivity index (χ1n) is 5.52. The fourth-order valence-corrected chi connectivity index (χ4v) is 1.80. The summed E-state index contributed by atoms with van der Waals surface area (Å²) in [6, 6.07) is 0. The second-order valence-electron chi connectivity index (χ2n) is 4.05. The number of nitrogens with zero attached hydrogens (tertiary/aromatic N) is 1. The van der Waals surface area contributed by atoms with E-state index in [0.29, 0.717) is 37.3 Å². The lowest BCUT2D eigenvalue weighted by molar-refractivity contribution is -0.138. The van der Waals surface area contributed by atoms with Gasteiger partial charge in [-0.15, -0.1) is 0 Å². The van der Waals surface area contributed by atoms with Crippen LogP contribution in [-0.4, -0.2) is 34.3 Å². The van der Waals surface area contributed by atoms with Crippen LogP contribution in [0.15, 0.2) is 4.79 Å². The number of aromatic amines is 1. The zero-order valence-corrected chi connectivity index (χ0v) is 9.52. The molecule has 92 valence electrons. The van der Waals surface area contributed by atoms with Gasteiger partial charge < -0.3 is 14.8 Å². The molecule has 0 amide bonds. The first-order valence-corrected chi connectivity index (χ1v) is 5.52. The standard InChI is InChI=1S/C11H14N2O4/c1-6(11(15)16)9-12-8-3-5-17-4-2-7(8)10(14)13-9/h6H,2-5H2,1H3,(H,15,16)(H,12,13,14). The molecule has 0 saturated heterocycles. The van der Waals surface area contributed by atoms with Gasteiger partial charge in [0.25, 0.3) is 5.56 Å². The van der Waals surface area contributed by atoms with Gasteiger partial charge >= 0.3 is 5.97 Å². The number of nitrogens with one attached hydrogen (secondary N) is 1. The molecule has 6 heteroatoms. The number of H-pyrrole nitrogens is 1. The number of carbonyl (C=O) groups is 1. The van der Waals surface area contributed by atoms with Crippen molar-refractivity contribution < 1.29 is 14.6 Å². The molecule has 0 saturated carbocycles. The normalized spacial score (nSPS) is 17.0. The van der Waals surface area contributed by atoms with E-state index in [1.165, 1.54) is 6.92 Å². The summed E-state index contributed by atoms with van der Waals surface area (Å²) in [5.41, 5.74) is 1.03. The summed E-state index contributed by atoms with van der Waals surface area (Å²) < 4.78 is 5.27. The average Bonchev–Trinajstić information content (AvgIpc) is 2.53. The van der Waals surface area contributed by atoms with Crippen LogP contribution in [0, 0.1) is 0 Å². The van der Waals surface area contributed by atoms with E-state index < -0.39 is 11.9 Å². The maximum absolute atomic E-state index is 11.8. The van der Waals surface area contributed by atoms with E-state index in [2.05, 4.69) is 9.97 Å². The Morgan fingerprint density at radius 1 is 1.47 bits per heavy atom. The predicted molar refractivity (Wildman–Crippen MR) is 59.1 cm³/mol. The summed E-state index contributed by atoms with van der Waals surface area (Å²) in [7, 11) is 0. The highest BCUT2D eigenvalue weighted by molar-refractivity contribution is 5.74. The van der Waals surface area contributed by atoms with Gasteiger partial charge in [-0.3, -0.25) is 9.59 Å². The summed E-state index contributed by atoms with van der Waals surface area (Å²) in [6.45, 7) is 2.52. The summed E-state index contributed by atoms with van der Waals surface area (Å²) >= 11 is 0. The van der Waals surface area contributed by atoms with Gasteiger partial charge in [-0.1, -0.05) is 0 Å². The smallest absolute Gasteiger partial charge is 0.313 e. The second kappa shape index (κ2) is 4.67. The summed E-state index contributed by atoms with van der Waals surface area (Å²) in [4.78, 5) is 29.5. The Hall–Kier alpha value is -1.69. The molecule has 0 bridgehead atoms. The van der Waals surface area contributed by atoms with E-state index in [1.807, 2.05) is 0 Å². The highest BCUT2D eigenvalue weighted by atomic mass is 16.5. The van der Waals surface area contributed by atoms with Crippen LogP contribution in [0.4, 0.5) is 0 Å². The topological polar surface area (TPSA) is 92.3 Å². The first-order chi connectivity index (χ1) is 8.09. The van der Waals surface area contributed by atoms with Crippen LogP contribution in [-0.2, 0) is 22.4 Å². The molecule has 6 nitrogen and oxygen atoms in total. The maximum atomic E-state index is 11.8. The highest BCUT2D eigenvalue weighted by Crippen LogP contribution is 2.13. The zero-order valence-electron chi connectivity index (χ0n) is 9.52. The fraction of sp³-hybridized carbons (Fsp3) is 0.545. The van der Waals surface area contributed by atoms with Gasteiger partial charge in [-0.05, 0) is 6.92 Å². The van der Waals surface area contributed by atoms with Gasteiger partial charge in [-0.25, -0.2) is 4.98 Å². The van der Waals surface area contributed by atoms with Crippen molar-refractivity contribution in [3.05, 3.63) is 27.4 Å². The largest absolute Gasteiger partial charge is 0.481 e. The Balaban J connectivity index is 2.46. The number of rotatable bonds is 2. The van der Waals surface area contributed by atoms with Crippen LogP contribution in [0.1, 0.15) is 29.9 Å². The number of hydrogen-bond acceptors (Lipinski definition) is 4. The lowest BCUT2D eigenvalue weighted by Crippen LogP contribution is -2.23. The van der Waals surface area contributed by atoms with Gasteiger partial charge in [0.15, 0.2) is 0 Å². The van der Waals surface area contributed by atoms with Gasteiger partial charge in [0.05, 0.1) is 18.9 Å². The van der Waals surface area contributed by atoms with Crippen molar-refractivity contribution in [3.8, 4) is 0 Å². The lowest BCUT2D eigenvalue weighted by Gasteiger charge is -2.09. The molecule has 1 atom stereocenters. The van der Waals surface area contributed by atoms with Gasteiger partial charge in [0.1, 0.15) is 11.7 Å². The van der Waals surface area contributed by atoms with Crippen molar-refractivity contribution in [2.45, 2.75) is 25.7 Å². The van der Waals surface area contributed by atoms with Crippen molar-refractivity contribution in [2.24, 2.45) is 0 Å². The SMILES string of the molecule is CC(C(=O)O)c1nc2c(c(=O)[nH]1)CCOCC2. The third-order valence-corrected chi connectivity index (χ3v) is 2.88. The molecule has 2 N–H and O–H groups in total. The molecule has 1 aliphatic rings. The van der Waals surface area contributed by atoms with E-state index in [9.17, 15) is 9.59 Å². The van der Waals surface area contributed by atoms with Crippen molar-refractivity contribution in [1.29, 1.82) is 0 Å². The van der Waals surface area contributed by atoms with Crippen molar-refractivity contribution >= 4 is 5.97 Å². The van der Waals surface area contributed by atoms with Crippen molar-refractivity contribution in [2.75, 3.05) is 13.2 Å². The number of aromatic nitrogens is 2. The summed E-state index contributed by atoms with van der Waals surface area (Å²) in [5.74, 6) is -1.60. The molecule has 1 aromatic heterocycles. The first kappa shape index (κ1) is 11.8. The number of aliphatic carboxylic acids is 1. The Morgan fingerprint density at radius 3 is 2.88 bits per heavy atom. The Bertz CT molecular complexity index is 495. The van der Waals surface area contributed by atoms with E-state index in [4.69, 9.17) is 9.84 Å². The molecule has 1 aliphatic heterocycles. The minimum absolute atomic E-state index is 0.211. The lowest BCUT2D eigenvalue weighted by atomic mass is 10.1. The molecule has 0 aromatic carbocycles. The highest BCUT2D eigenvalue weighted by Gasteiger charge is 2.20. The zero-order chi connectivity index (χ0) is 12.4. The molecule has 1 unspecified atom stereocenters. The number of hydrogen-bond donors (Lipinski definition) is 2. The summed E-state index contributed by atoms with van der Waals surface area (Å²) in [6.07, 6.45) is 1.08. The van der Waals surface area contributed by atoms with Gasteiger partial charge in [-0.2, -0.15) is 0 Å². The minimum Gasteiger partial charge on any atom is -0.481 e. The molecule has 2 heterocycles. The van der Waals surface area contributed by atoms with Crippen LogP contribution in [0.5, 0.6) is 0 Å². The molecule has 0 aliphatic carbocycles. The molecular formula is C11H14N2O4. The molecule has 0 fully saturated rings. The number of carboxylic acid groups (broad SMARTS) is 1. The monoisotopic (exact) mass is 238 g/mol. The minimum atomic E-state index is -1.00. The molecule has 2 rings (SSSR count). The van der Waals surface area contributed by atoms with Crippen LogP contribution < -0.4 is 5.56 Å². The van der Waals surface area contributed by atoms with Crippen molar-refractivity contribution in [1.82, 2.24) is 9.97 Å². The third-order valence-electron chi connectivity index (χ3n) is 2.88. The number of fused-ring (bicyclic) bond motifs is 1. The molecule has 1 aromatic rings. The van der Waals surface area contributed by atoms with E-state index in [1.54, 1.807) is 0 Å². The summed E-state index contributed by atoms with van der Waals surface area (Å²) in [5, 5.41) is 8.90. The van der Waals surface area contributed by atoms with Crippen molar-refractivity contribution in [3.63, 3.8) is 0 Å². The third kappa shape index (κ3) is 2.36. The predicted octanol–water partition coefficient (Wildman–Crippen LogP) is 0.0732. The van der Waals surface area contributed by atoms with E-state index in [0.717, 1.165) is 0 Å². The van der Waals surface area contributed by atoms with E-state index in [-0.39, 0.29) is 11.4 Å². The van der Waals surface area contributed by atoms with Gasteiger partial charge in [0.2, 0.25) is 0 Å². The number of ether oxygens (including phenoxy) is 1. The van der Waals surface area contributed by atoms with Gasteiger partial charge in [0, 0.05) is 18.4 Å². The second-order valence-corrected chi connectivity index (χ2v) is 4.05. The average molecular weight is 238 g/mol. The Labute approximate surface area is 97.7 Å². The van der Waals surface area contributed by atoms with Crippen LogP contribution in [0.3, 0.4) is 0 Å². The van der Waals surface area contributed by atoms with Crippen LogP contribution in [0.2, 0.25) is 0 Å². The Kier molecular flexibility index (Phi) is 3.23. The fourth-order valence-electron chi connectivity index (χ4n) is 1.80. The molecule has 17 heavy (non-hydrogen) atoms. The van der Waals surface area contributed by atoms with Crippen LogP contribution in [0.25, 0.3) is 0 Å². The number of carboxylic acids is 1. The maximum Gasteiger partial charge on any atom is 0.313 e. The quantitative estimate of drug-likeness (QED) is 0.760. The molecular weight excluding hydrogens is 224 g/mol. The molecule has 0 spiro atoms. The van der Waals surface area contributed by atoms with Crippen LogP contribution >= 0.6 is 0 Å². The Morgan fingerprint density at radius 2 is 2.18 bits per heavy atom.